The molecule has 0 fully saturated rings. The van der Waals surface area contributed by atoms with Gasteiger partial charge >= 0.3 is 0 Å². The molecule has 1 aromatic heterocycles. The van der Waals surface area contributed by atoms with Crippen molar-refractivity contribution in [2.45, 2.75) is 26.3 Å². The van der Waals surface area contributed by atoms with Gasteiger partial charge in [0.2, 0.25) is 0 Å². The van der Waals surface area contributed by atoms with E-state index in [2.05, 4.69) is 29.4 Å². The van der Waals surface area contributed by atoms with Crippen LogP contribution < -0.4 is 5.32 Å². The fourth-order valence-electron chi connectivity index (χ4n) is 2.65. The Labute approximate surface area is 142 Å². The highest BCUT2D eigenvalue weighted by Crippen LogP contribution is 2.14. The van der Waals surface area contributed by atoms with Gasteiger partial charge in [0.25, 0.3) is 5.91 Å². The normalized spacial score (nSPS) is 10.5. The Morgan fingerprint density at radius 2 is 1.96 bits per heavy atom. The molecule has 0 saturated carbocycles. The summed E-state index contributed by atoms with van der Waals surface area (Å²) in [7, 11) is 0. The van der Waals surface area contributed by atoms with E-state index in [1.807, 2.05) is 47.2 Å². The molecule has 1 amide bonds. The number of nitrogens with one attached hydrogen (secondary N) is 1. The molecule has 122 valence electrons. The third-order valence-electron chi connectivity index (χ3n) is 3.86. The number of hydrogen-bond acceptors (Lipinski definition) is 2. The topological polar surface area (TPSA) is 46.9 Å². The highest BCUT2D eigenvalue weighted by molar-refractivity contribution is 6.04. The van der Waals surface area contributed by atoms with Gasteiger partial charge in [0.05, 0.1) is 6.33 Å². The third kappa shape index (κ3) is 4.10. The average Bonchev–Trinajstić information content (AvgIpc) is 3.10. The van der Waals surface area contributed by atoms with Crippen molar-refractivity contribution in [2.24, 2.45) is 0 Å². The van der Waals surface area contributed by atoms with Crippen molar-refractivity contribution < 1.29 is 4.79 Å². The van der Waals surface area contributed by atoms with Crippen LogP contribution in [0.1, 0.15) is 34.8 Å². The van der Waals surface area contributed by atoms with E-state index in [4.69, 9.17) is 0 Å². The van der Waals surface area contributed by atoms with Crippen LogP contribution in [-0.2, 0) is 13.0 Å². The minimum Gasteiger partial charge on any atom is -0.333 e. The lowest BCUT2D eigenvalue weighted by Crippen LogP contribution is -2.12. The van der Waals surface area contributed by atoms with Gasteiger partial charge in [-0.25, -0.2) is 4.98 Å². The van der Waals surface area contributed by atoms with Gasteiger partial charge in [-0.15, -0.1) is 0 Å². The predicted octanol–water partition coefficient (Wildman–Crippen LogP) is 4.14. The molecule has 2 aromatic carbocycles. The summed E-state index contributed by atoms with van der Waals surface area (Å²) < 4.78 is 1.98. The minimum atomic E-state index is -0.0919. The molecule has 3 rings (SSSR count). The van der Waals surface area contributed by atoms with Crippen LogP contribution in [0.25, 0.3) is 0 Å². The summed E-state index contributed by atoms with van der Waals surface area (Å²) in [5, 5.41) is 2.96. The molecule has 0 spiro atoms. The summed E-state index contributed by atoms with van der Waals surface area (Å²) in [5.74, 6) is -0.0919. The van der Waals surface area contributed by atoms with Crippen molar-refractivity contribution in [3.8, 4) is 0 Å². The Morgan fingerprint density at radius 3 is 2.67 bits per heavy atom. The second-order valence-electron chi connectivity index (χ2n) is 5.84. The number of nitrogens with zero attached hydrogens (tertiary/aromatic N) is 2. The van der Waals surface area contributed by atoms with Gasteiger partial charge in [-0.3, -0.25) is 4.79 Å². The van der Waals surface area contributed by atoms with Gasteiger partial charge in [0.1, 0.15) is 0 Å². The van der Waals surface area contributed by atoms with E-state index in [0.717, 1.165) is 24.1 Å². The Hall–Kier alpha value is -2.88. The molecule has 4 heteroatoms. The van der Waals surface area contributed by atoms with E-state index in [0.29, 0.717) is 12.1 Å². The highest BCUT2D eigenvalue weighted by atomic mass is 16.1. The van der Waals surface area contributed by atoms with E-state index >= 15 is 0 Å². The Kier molecular flexibility index (Phi) is 5.06. The summed E-state index contributed by atoms with van der Waals surface area (Å²) in [6.45, 7) is 2.86. The number of carbonyl (C=O) groups is 1. The van der Waals surface area contributed by atoms with Crippen LogP contribution in [0.5, 0.6) is 0 Å². The first kappa shape index (κ1) is 16.0. The van der Waals surface area contributed by atoms with Crippen molar-refractivity contribution in [2.75, 3.05) is 5.32 Å². The quantitative estimate of drug-likeness (QED) is 0.742. The first-order valence-corrected chi connectivity index (χ1v) is 8.19. The van der Waals surface area contributed by atoms with Gasteiger partial charge in [0.15, 0.2) is 0 Å². The molecule has 3 aromatic rings. The second kappa shape index (κ2) is 7.59. The number of aryl methyl sites for hydroxylation is 1. The molecule has 0 saturated heterocycles. The molecule has 0 aliphatic carbocycles. The van der Waals surface area contributed by atoms with Crippen LogP contribution in [0.4, 0.5) is 5.69 Å². The molecule has 1 heterocycles. The van der Waals surface area contributed by atoms with Crippen LogP contribution in [0.15, 0.2) is 67.3 Å². The van der Waals surface area contributed by atoms with Gasteiger partial charge in [-0.1, -0.05) is 37.6 Å². The molecule has 4 nitrogen and oxygen atoms in total. The molecule has 0 radical (unpaired) electrons. The van der Waals surface area contributed by atoms with Crippen molar-refractivity contribution >= 4 is 11.6 Å². The van der Waals surface area contributed by atoms with Gasteiger partial charge in [-0.2, -0.15) is 0 Å². The fraction of sp³-hybridized carbons (Fsp3) is 0.200. The molecular formula is C20H21N3O. The molecule has 24 heavy (non-hydrogen) atoms. The molecule has 0 atom stereocenters. The van der Waals surface area contributed by atoms with Crippen LogP contribution >= 0.6 is 0 Å². The summed E-state index contributed by atoms with van der Waals surface area (Å²) in [4.78, 5) is 16.5. The molecule has 1 N–H and O–H groups in total. The second-order valence-corrected chi connectivity index (χ2v) is 5.84. The van der Waals surface area contributed by atoms with Crippen LogP contribution in [0.2, 0.25) is 0 Å². The number of aromatic nitrogens is 2. The number of rotatable bonds is 6. The van der Waals surface area contributed by atoms with Crippen LogP contribution in [-0.4, -0.2) is 15.5 Å². The fourth-order valence-corrected chi connectivity index (χ4v) is 2.65. The maximum absolute atomic E-state index is 12.4. The lowest BCUT2D eigenvalue weighted by Gasteiger charge is -2.08. The lowest BCUT2D eigenvalue weighted by molar-refractivity contribution is 0.102. The van der Waals surface area contributed by atoms with Crippen LogP contribution in [0.3, 0.4) is 0 Å². The lowest BCUT2D eigenvalue weighted by atomic mass is 10.1. The summed E-state index contributed by atoms with van der Waals surface area (Å²) >= 11 is 0. The smallest absolute Gasteiger partial charge is 0.255 e. The standard InChI is InChI=1S/C20H21N3O/c1-2-4-16-7-9-19(10-8-16)22-20(24)18-6-3-5-17(13-18)14-23-12-11-21-15-23/h3,5-13,15H,2,4,14H2,1H3,(H,22,24). The number of carbonyl (C=O) groups excluding carboxylic acids is 1. The molecule has 0 aliphatic rings. The van der Waals surface area contributed by atoms with Crippen molar-refractivity contribution in [1.29, 1.82) is 0 Å². The van der Waals surface area contributed by atoms with E-state index in [1.165, 1.54) is 5.56 Å². The monoisotopic (exact) mass is 319 g/mol. The van der Waals surface area contributed by atoms with E-state index in [9.17, 15) is 4.79 Å². The van der Waals surface area contributed by atoms with E-state index in [1.54, 1.807) is 12.5 Å². The first-order chi connectivity index (χ1) is 11.7. The number of amides is 1. The molecule has 0 bridgehead atoms. The first-order valence-electron chi connectivity index (χ1n) is 8.19. The van der Waals surface area contributed by atoms with E-state index < -0.39 is 0 Å². The highest BCUT2D eigenvalue weighted by Gasteiger charge is 2.07. The maximum atomic E-state index is 12.4. The maximum Gasteiger partial charge on any atom is 0.255 e. The van der Waals surface area contributed by atoms with Gasteiger partial charge in [0, 0.05) is 30.2 Å². The van der Waals surface area contributed by atoms with Crippen molar-refractivity contribution in [3.63, 3.8) is 0 Å². The Morgan fingerprint density at radius 1 is 1.12 bits per heavy atom. The molecule has 0 aliphatic heterocycles. The minimum absolute atomic E-state index is 0.0919. The number of anilines is 1. The Bertz CT molecular complexity index is 792. The number of hydrogen-bond donors (Lipinski definition) is 1. The van der Waals surface area contributed by atoms with Gasteiger partial charge < -0.3 is 9.88 Å². The molecule has 0 unspecified atom stereocenters. The molecular weight excluding hydrogens is 298 g/mol. The third-order valence-corrected chi connectivity index (χ3v) is 3.86. The number of benzene rings is 2. The van der Waals surface area contributed by atoms with Crippen molar-refractivity contribution in [1.82, 2.24) is 9.55 Å². The zero-order valence-electron chi connectivity index (χ0n) is 13.8. The van der Waals surface area contributed by atoms with E-state index in [-0.39, 0.29) is 5.91 Å². The number of imidazole rings is 1. The largest absolute Gasteiger partial charge is 0.333 e. The summed E-state index contributed by atoms with van der Waals surface area (Å²) in [6, 6.07) is 15.7. The SMILES string of the molecule is CCCc1ccc(NC(=O)c2cccc(Cn3ccnc3)c2)cc1. The zero-order valence-corrected chi connectivity index (χ0v) is 13.8. The zero-order chi connectivity index (χ0) is 16.8. The van der Waals surface area contributed by atoms with Gasteiger partial charge in [-0.05, 0) is 41.8 Å². The van der Waals surface area contributed by atoms with Crippen LogP contribution in [0, 0.1) is 0 Å². The summed E-state index contributed by atoms with van der Waals surface area (Å²) in [6.07, 6.45) is 7.61. The Balaban J connectivity index is 1.68. The van der Waals surface area contributed by atoms with Crippen molar-refractivity contribution in [3.05, 3.63) is 83.9 Å². The predicted molar refractivity (Wildman–Crippen MR) is 96.2 cm³/mol. The summed E-state index contributed by atoms with van der Waals surface area (Å²) in [5.41, 5.74) is 3.84. The average molecular weight is 319 g/mol.